The van der Waals surface area contributed by atoms with E-state index in [1.165, 1.54) is 83.1 Å². The van der Waals surface area contributed by atoms with Crippen LogP contribution < -0.4 is 4.90 Å². The van der Waals surface area contributed by atoms with Crippen LogP contribution in [-0.2, 0) is 5.41 Å². The highest BCUT2D eigenvalue weighted by atomic mass is 15.1. The highest BCUT2D eigenvalue weighted by Gasteiger charge is 2.51. The summed E-state index contributed by atoms with van der Waals surface area (Å²) in [6, 6.07) is 108. The Hall–Kier alpha value is -9.76. The standard InChI is InChI=1S/C73H48N2/c1-3-21-49(22-4-1)51-41-43-52(44-42-51)56-27-8-14-36-67(56)74(68-37-15-9-28-57(68)54-26-19-25-53(47-54)50-23-5-2-6-24-50)69-38-16-10-29-58(69)55-45-46-60-59-30-7-12-33-63(59)73(66(60)48-55)64-34-13-18-40-71(64)75-70-39-17-11-31-61(70)62-32-20-35-65(73)72(62)75/h1-48H. The van der Waals surface area contributed by atoms with Gasteiger partial charge in [0.2, 0.25) is 0 Å². The van der Waals surface area contributed by atoms with Crippen LogP contribution >= 0.6 is 0 Å². The third-order valence-electron chi connectivity index (χ3n) is 16.0. The summed E-state index contributed by atoms with van der Waals surface area (Å²) in [6.45, 7) is 0. The lowest BCUT2D eigenvalue weighted by Gasteiger charge is -2.39. The summed E-state index contributed by atoms with van der Waals surface area (Å²) in [6.07, 6.45) is 0. The van der Waals surface area contributed by atoms with Crippen molar-refractivity contribution in [2.75, 3.05) is 4.90 Å². The summed E-state index contributed by atoms with van der Waals surface area (Å²) in [5, 5.41) is 2.55. The number of rotatable bonds is 8. The van der Waals surface area contributed by atoms with Crippen molar-refractivity contribution in [2.45, 2.75) is 5.41 Å². The Morgan fingerprint density at radius 2 is 0.693 bits per heavy atom. The first-order valence-corrected chi connectivity index (χ1v) is 26.0. The van der Waals surface area contributed by atoms with E-state index in [9.17, 15) is 0 Å². The van der Waals surface area contributed by atoms with Crippen LogP contribution in [0.1, 0.15) is 22.3 Å². The molecule has 0 saturated heterocycles. The first-order chi connectivity index (χ1) is 37.2. The van der Waals surface area contributed by atoms with Gasteiger partial charge in [-0.1, -0.05) is 249 Å². The summed E-state index contributed by atoms with van der Waals surface area (Å²) < 4.78 is 2.53. The first kappa shape index (κ1) is 42.9. The molecule has 0 saturated carbocycles. The molecule has 13 aromatic rings. The first-order valence-electron chi connectivity index (χ1n) is 26.0. The molecule has 0 fully saturated rings. The minimum atomic E-state index is -0.577. The summed E-state index contributed by atoms with van der Waals surface area (Å²) in [4.78, 5) is 2.52. The van der Waals surface area contributed by atoms with Crippen molar-refractivity contribution in [3.05, 3.63) is 313 Å². The van der Waals surface area contributed by atoms with Crippen LogP contribution in [0.4, 0.5) is 17.1 Å². The van der Waals surface area contributed by atoms with Crippen molar-refractivity contribution in [3.8, 4) is 72.4 Å². The van der Waals surface area contributed by atoms with Gasteiger partial charge in [-0.05, 0) is 115 Å². The normalized spacial score (nSPS) is 13.9. The lowest BCUT2D eigenvalue weighted by Crippen LogP contribution is -2.33. The number of benzene rings is 12. The summed E-state index contributed by atoms with van der Waals surface area (Å²) in [5.74, 6) is 0. The average molecular weight is 953 g/mol. The predicted octanol–water partition coefficient (Wildman–Crippen LogP) is 19.3. The highest BCUT2D eigenvalue weighted by molar-refractivity contribution is 6.13. The Labute approximate surface area is 437 Å². The second kappa shape index (κ2) is 17.2. The second-order valence-electron chi connectivity index (χ2n) is 19.9. The Kier molecular flexibility index (Phi) is 9.83. The maximum absolute atomic E-state index is 2.53. The van der Waals surface area contributed by atoms with Crippen LogP contribution in [0.5, 0.6) is 0 Å². The largest absolute Gasteiger partial charge is 0.309 e. The zero-order valence-electron chi connectivity index (χ0n) is 41.1. The number of hydrogen-bond acceptors (Lipinski definition) is 1. The van der Waals surface area contributed by atoms with Crippen molar-refractivity contribution in [2.24, 2.45) is 0 Å². The summed E-state index contributed by atoms with van der Waals surface area (Å²) >= 11 is 0. The van der Waals surface area contributed by atoms with Crippen LogP contribution in [0, 0.1) is 0 Å². The van der Waals surface area contributed by atoms with Crippen LogP contribution in [0.3, 0.4) is 0 Å². The Morgan fingerprint density at radius 1 is 0.253 bits per heavy atom. The average Bonchev–Trinajstić information content (AvgIpc) is 4.21. The van der Waals surface area contributed by atoms with E-state index in [0.29, 0.717) is 0 Å². The number of fused-ring (bicyclic) bond motifs is 12. The lowest BCUT2D eigenvalue weighted by atomic mass is 9.65. The molecule has 1 spiro atoms. The Bertz CT molecular complexity index is 4360. The minimum absolute atomic E-state index is 0.577. The SMILES string of the molecule is c1ccc(-c2ccc(-c3ccccc3N(c3ccccc3-c3cccc(-c4ccccc4)c3)c3ccccc3-c3ccc4c(c3)C3(c5ccccc5-4)c4ccccc4-n4c5ccccc5c5cccc3c54)cc2)cc1. The number of para-hydroxylation sites is 6. The lowest BCUT2D eigenvalue weighted by molar-refractivity contribution is 0.749. The fourth-order valence-electron chi connectivity index (χ4n) is 12.8. The summed E-state index contributed by atoms with van der Waals surface area (Å²) in [7, 11) is 0. The van der Waals surface area contributed by atoms with Gasteiger partial charge in [0.1, 0.15) is 0 Å². The highest BCUT2D eigenvalue weighted by Crippen LogP contribution is 2.62. The molecule has 15 rings (SSSR count). The molecule has 1 aromatic heterocycles. The number of anilines is 3. The Balaban J connectivity index is 0.971. The van der Waals surface area contributed by atoms with Crippen molar-refractivity contribution in [1.29, 1.82) is 0 Å². The molecule has 12 aromatic carbocycles. The van der Waals surface area contributed by atoms with Crippen LogP contribution in [-0.4, -0.2) is 4.57 Å². The monoisotopic (exact) mass is 952 g/mol. The molecular weight excluding hydrogens is 905 g/mol. The van der Waals surface area contributed by atoms with Gasteiger partial charge in [0.15, 0.2) is 0 Å². The van der Waals surface area contributed by atoms with Crippen LogP contribution in [0.15, 0.2) is 291 Å². The van der Waals surface area contributed by atoms with Crippen molar-refractivity contribution in [3.63, 3.8) is 0 Å². The molecule has 1 aliphatic carbocycles. The predicted molar refractivity (Wildman–Crippen MR) is 314 cm³/mol. The van der Waals surface area contributed by atoms with Crippen molar-refractivity contribution in [1.82, 2.24) is 4.57 Å². The minimum Gasteiger partial charge on any atom is -0.309 e. The van der Waals surface area contributed by atoms with Gasteiger partial charge in [-0.15, -0.1) is 0 Å². The molecule has 2 aliphatic rings. The second-order valence-corrected chi connectivity index (χ2v) is 19.9. The van der Waals surface area contributed by atoms with E-state index < -0.39 is 5.41 Å². The molecule has 1 atom stereocenters. The number of hydrogen-bond donors (Lipinski definition) is 0. The van der Waals surface area contributed by atoms with E-state index in [2.05, 4.69) is 301 Å². The quantitative estimate of drug-likeness (QED) is 0.147. The van der Waals surface area contributed by atoms with Crippen molar-refractivity contribution < 1.29 is 0 Å². The van der Waals surface area contributed by atoms with Gasteiger partial charge in [-0.2, -0.15) is 0 Å². The van der Waals surface area contributed by atoms with Gasteiger partial charge < -0.3 is 9.47 Å². The van der Waals surface area contributed by atoms with E-state index in [0.717, 1.165) is 50.4 Å². The van der Waals surface area contributed by atoms with Gasteiger partial charge in [0.25, 0.3) is 0 Å². The molecule has 0 amide bonds. The topological polar surface area (TPSA) is 8.17 Å². The molecule has 350 valence electrons. The molecule has 0 N–H and O–H groups in total. The van der Waals surface area contributed by atoms with Crippen LogP contribution in [0.25, 0.3) is 94.3 Å². The maximum atomic E-state index is 2.53. The molecule has 1 aliphatic heterocycles. The Morgan fingerprint density at radius 3 is 1.40 bits per heavy atom. The zero-order valence-corrected chi connectivity index (χ0v) is 41.1. The van der Waals surface area contributed by atoms with Gasteiger partial charge >= 0.3 is 0 Å². The van der Waals surface area contributed by atoms with Crippen molar-refractivity contribution >= 4 is 38.9 Å². The number of nitrogens with zero attached hydrogens (tertiary/aromatic N) is 2. The molecule has 0 radical (unpaired) electrons. The third-order valence-corrected chi connectivity index (χ3v) is 16.0. The summed E-state index contributed by atoms with van der Waals surface area (Å²) in [5.41, 5.74) is 25.9. The van der Waals surface area contributed by atoms with E-state index in [1.54, 1.807) is 0 Å². The van der Waals surface area contributed by atoms with Gasteiger partial charge in [0.05, 0.1) is 39.2 Å². The molecule has 0 bridgehead atoms. The van der Waals surface area contributed by atoms with Gasteiger partial charge in [-0.3, -0.25) is 0 Å². The third kappa shape index (κ3) is 6.53. The van der Waals surface area contributed by atoms with E-state index in [-0.39, 0.29) is 0 Å². The molecular formula is C73H48N2. The fraction of sp³-hybridized carbons (Fsp3) is 0.0137. The molecule has 2 heteroatoms. The molecule has 75 heavy (non-hydrogen) atoms. The van der Waals surface area contributed by atoms with Gasteiger partial charge in [-0.25, -0.2) is 0 Å². The molecule has 2 heterocycles. The van der Waals surface area contributed by atoms with E-state index in [1.807, 2.05) is 0 Å². The van der Waals surface area contributed by atoms with E-state index >= 15 is 0 Å². The van der Waals surface area contributed by atoms with Crippen LogP contribution in [0.2, 0.25) is 0 Å². The number of aromatic nitrogens is 1. The van der Waals surface area contributed by atoms with Gasteiger partial charge in [0, 0.05) is 27.5 Å². The smallest absolute Gasteiger partial charge is 0.0754 e. The zero-order chi connectivity index (χ0) is 49.5. The molecule has 2 nitrogen and oxygen atoms in total. The van der Waals surface area contributed by atoms with E-state index in [4.69, 9.17) is 0 Å². The molecule has 1 unspecified atom stereocenters. The fourth-order valence-corrected chi connectivity index (χ4v) is 12.8. The maximum Gasteiger partial charge on any atom is 0.0754 e.